The van der Waals surface area contributed by atoms with Gasteiger partial charge in [-0.25, -0.2) is 4.79 Å². The van der Waals surface area contributed by atoms with Gasteiger partial charge in [-0.1, -0.05) is 44.2 Å². The van der Waals surface area contributed by atoms with Gasteiger partial charge < -0.3 is 45.9 Å². The monoisotopic (exact) mass is 587 g/mol. The van der Waals surface area contributed by atoms with E-state index in [1.54, 1.807) is 38.2 Å². The molecule has 11 heteroatoms. The zero-order chi connectivity index (χ0) is 31.6. The first-order valence-corrected chi connectivity index (χ1v) is 13.8. The van der Waals surface area contributed by atoms with Crippen LogP contribution in [-0.4, -0.2) is 72.5 Å². The molecule has 1 aliphatic rings. The smallest absolute Gasteiger partial charge is 0.405 e. The molecule has 0 spiro atoms. The van der Waals surface area contributed by atoms with E-state index in [1.807, 2.05) is 13.8 Å². The first-order valence-electron chi connectivity index (χ1n) is 13.8. The molecule has 0 unspecified atom stereocenters. The number of anilines is 2. The maximum atomic E-state index is 13.0. The third-order valence-electron chi connectivity index (χ3n) is 7.25. The molecule has 2 amide bonds. The van der Waals surface area contributed by atoms with E-state index in [9.17, 15) is 24.9 Å². The molecule has 0 saturated heterocycles. The number of hydrogen-bond donors (Lipinski definition) is 6. The van der Waals surface area contributed by atoms with Gasteiger partial charge in [-0.05, 0) is 38.2 Å². The Hall–Kier alpha value is -3.80. The predicted octanol–water partition coefficient (Wildman–Crippen LogP) is 4.16. The number of ether oxygens (including phenoxy) is 3. The number of fused-ring (bicyclic) bond motifs is 2. The van der Waals surface area contributed by atoms with Gasteiger partial charge in [-0.2, -0.15) is 0 Å². The van der Waals surface area contributed by atoms with Crippen LogP contribution in [-0.2, 0) is 25.4 Å². The average Bonchev–Trinajstić information content (AvgIpc) is 2.94. The number of rotatable bonds is 6. The number of benzene rings is 1. The standard InChI is InChI=1S/C31H45N3O8/c1-8-12-33-26-21-13-17(2)14-25(41-7)27(36)19(4)15-20(5)29(42-31(32)39)24(40-6)11-9-10-18(3)30(38)34-22(28(21)37)16-23(26)35/h8-11,15-17,19,24-25,27,29,33,35-37H,1,12-14H2,2-7H3,(H2,32,39)(H,34,38)/b11-9-,18-10+,20-15+/t17-,19+,24+,25+,27-,29+/m1/s1. The van der Waals surface area contributed by atoms with E-state index in [0.29, 0.717) is 41.8 Å². The lowest BCUT2D eigenvalue weighted by Gasteiger charge is -2.29. The number of aliphatic hydroxyl groups excluding tert-OH is 1. The van der Waals surface area contributed by atoms with Crippen molar-refractivity contribution < 1.29 is 39.1 Å². The van der Waals surface area contributed by atoms with E-state index in [1.165, 1.54) is 26.4 Å². The first kappa shape index (κ1) is 34.4. The SMILES string of the molecule is C=CCNc1c(O)cc2c(O)c1C[C@@H](C)C[C@H](OC)[C@H](O)[C@@H](C)/C=C(\C)[C@H](OC(N)=O)[C@@H](OC)/C=C\C=C(/C)C(=O)N2. The molecule has 2 bridgehead atoms. The van der Waals surface area contributed by atoms with Crippen molar-refractivity contribution in [3.63, 3.8) is 0 Å². The molecule has 42 heavy (non-hydrogen) atoms. The van der Waals surface area contributed by atoms with Crippen LogP contribution in [0.3, 0.4) is 0 Å². The van der Waals surface area contributed by atoms with E-state index in [4.69, 9.17) is 19.9 Å². The number of hydrogen-bond acceptors (Lipinski definition) is 9. The maximum Gasteiger partial charge on any atom is 0.405 e. The van der Waals surface area contributed by atoms with Crippen molar-refractivity contribution in [1.82, 2.24) is 0 Å². The van der Waals surface area contributed by atoms with E-state index in [-0.39, 0.29) is 23.1 Å². The van der Waals surface area contributed by atoms with Gasteiger partial charge in [0.05, 0.1) is 23.6 Å². The number of amides is 2. The Morgan fingerprint density at radius 1 is 1.24 bits per heavy atom. The summed E-state index contributed by atoms with van der Waals surface area (Å²) in [5.74, 6) is -1.41. The number of phenolic OH excluding ortho intramolecular Hbond substituents is 2. The maximum absolute atomic E-state index is 13.0. The molecule has 0 radical (unpaired) electrons. The minimum atomic E-state index is -0.990. The number of phenols is 2. The van der Waals surface area contributed by atoms with Crippen LogP contribution >= 0.6 is 0 Å². The Kier molecular flexibility index (Phi) is 13.1. The number of primary amides is 1. The van der Waals surface area contributed by atoms with Gasteiger partial charge in [0.1, 0.15) is 17.6 Å². The largest absolute Gasteiger partial charge is 0.506 e. The molecule has 11 nitrogen and oxygen atoms in total. The minimum absolute atomic E-state index is 0.0416. The zero-order valence-corrected chi connectivity index (χ0v) is 25.2. The molecule has 1 aliphatic heterocycles. The lowest BCUT2D eigenvalue weighted by Crippen LogP contribution is -2.37. The predicted molar refractivity (Wildman–Crippen MR) is 162 cm³/mol. The summed E-state index contributed by atoms with van der Waals surface area (Å²) in [6.07, 6.45) is 4.64. The Morgan fingerprint density at radius 2 is 1.93 bits per heavy atom. The van der Waals surface area contributed by atoms with E-state index in [0.717, 1.165) is 0 Å². The van der Waals surface area contributed by atoms with Gasteiger partial charge in [0.2, 0.25) is 0 Å². The van der Waals surface area contributed by atoms with Crippen molar-refractivity contribution in [1.29, 1.82) is 0 Å². The summed E-state index contributed by atoms with van der Waals surface area (Å²) in [7, 11) is 2.95. The summed E-state index contributed by atoms with van der Waals surface area (Å²) in [5, 5.41) is 39.1. The van der Waals surface area contributed by atoms with Crippen LogP contribution in [0.4, 0.5) is 16.2 Å². The fourth-order valence-electron chi connectivity index (χ4n) is 4.98. The summed E-state index contributed by atoms with van der Waals surface area (Å²) < 4.78 is 16.6. The van der Waals surface area contributed by atoms with Crippen LogP contribution < -0.4 is 16.4 Å². The van der Waals surface area contributed by atoms with Gasteiger partial charge in [0, 0.05) is 43.9 Å². The first-order chi connectivity index (χ1) is 19.8. The Morgan fingerprint density at radius 3 is 2.52 bits per heavy atom. The third kappa shape index (κ3) is 9.10. The van der Waals surface area contributed by atoms with Gasteiger partial charge >= 0.3 is 6.09 Å². The van der Waals surface area contributed by atoms with E-state index >= 15 is 0 Å². The number of nitrogens with two attached hydrogens (primary N) is 1. The molecular weight excluding hydrogens is 542 g/mol. The fraction of sp³-hybridized carbons (Fsp3) is 0.484. The minimum Gasteiger partial charge on any atom is -0.506 e. The van der Waals surface area contributed by atoms with Crippen molar-refractivity contribution in [2.45, 2.75) is 65.0 Å². The second-order valence-electron chi connectivity index (χ2n) is 10.6. The molecule has 1 aromatic rings. The lowest BCUT2D eigenvalue weighted by molar-refractivity contribution is -0.112. The highest BCUT2D eigenvalue weighted by atomic mass is 16.6. The molecule has 0 saturated carbocycles. The van der Waals surface area contributed by atoms with Crippen molar-refractivity contribution in [2.24, 2.45) is 17.6 Å². The molecular formula is C31H45N3O8. The molecule has 0 aliphatic carbocycles. The highest BCUT2D eigenvalue weighted by Crippen LogP contribution is 2.42. The summed E-state index contributed by atoms with van der Waals surface area (Å²) in [6, 6.07) is 1.28. The second kappa shape index (κ2) is 16.0. The molecule has 232 valence electrons. The molecule has 6 atom stereocenters. The second-order valence-corrected chi connectivity index (χ2v) is 10.6. The number of aromatic hydroxyl groups is 2. The Labute approximate surface area is 247 Å². The molecule has 0 fully saturated rings. The fourth-order valence-corrected chi connectivity index (χ4v) is 4.98. The number of methoxy groups -OCH3 is 2. The number of carbonyl (C=O) groups is 2. The van der Waals surface area contributed by atoms with E-state index in [2.05, 4.69) is 17.2 Å². The lowest BCUT2D eigenvalue weighted by atomic mass is 9.87. The third-order valence-corrected chi connectivity index (χ3v) is 7.25. The van der Waals surface area contributed by atoms with Crippen molar-refractivity contribution >= 4 is 23.4 Å². The van der Waals surface area contributed by atoms with Gasteiger partial charge in [-0.15, -0.1) is 6.58 Å². The zero-order valence-electron chi connectivity index (χ0n) is 25.2. The summed E-state index contributed by atoms with van der Waals surface area (Å²) in [5.41, 5.74) is 7.01. The summed E-state index contributed by atoms with van der Waals surface area (Å²) in [4.78, 5) is 24.7. The number of allylic oxidation sites excluding steroid dienone is 2. The molecule has 1 heterocycles. The van der Waals surface area contributed by atoms with Crippen LogP contribution in [0.2, 0.25) is 0 Å². The summed E-state index contributed by atoms with van der Waals surface area (Å²) >= 11 is 0. The topological polar surface area (TPSA) is 173 Å². The van der Waals surface area contributed by atoms with Gasteiger partial charge in [0.15, 0.2) is 6.10 Å². The summed E-state index contributed by atoms with van der Waals surface area (Å²) in [6.45, 7) is 11.1. The molecule has 0 aromatic heterocycles. The van der Waals surface area contributed by atoms with Crippen LogP contribution in [0.5, 0.6) is 11.5 Å². The highest BCUT2D eigenvalue weighted by molar-refractivity contribution is 6.04. The molecule has 1 aromatic carbocycles. The molecule has 7 N–H and O–H groups in total. The van der Waals surface area contributed by atoms with Crippen LogP contribution in [0.1, 0.15) is 39.7 Å². The van der Waals surface area contributed by atoms with Crippen LogP contribution in [0.15, 0.2) is 54.2 Å². The van der Waals surface area contributed by atoms with Gasteiger partial charge in [-0.3, -0.25) is 4.79 Å². The van der Waals surface area contributed by atoms with Crippen molar-refractivity contribution in [3.8, 4) is 11.5 Å². The molecule has 2 rings (SSSR count). The van der Waals surface area contributed by atoms with Gasteiger partial charge in [0.25, 0.3) is 5.91 Å². The van der Waals surface area contributed by atoms with Crippen molar-refractivity contribution in [3.05, 3.63) is 59.7 Å². The highest BCUT2D eigenvalue weighted by Gasteiger charge is 2.30. The number of aliphatic hydroxyl groups is 1. The van der Waals surface area contributed by atoms with Crippen molar-refractivity contribution in [2.75, 3.05) is 31.4 Å². The van der Waals surface area contributed by atoms with Crippen LogP contribution in [0, 0.1) is 11.8 Å². The quantitative estimate of drug-likeness (QED) is 0.162. The van der Waals surface area contributed by atoms with Crippen LogP contribution in [0.25, 0.3) is 0 Å². The normalized spacial score (nSPS) is 29.3. The number of carbonyl (C=O) groups excluding carboxylic acids is 2. The Bertz CT molecular complexity index is 1210. The average molecular weight is 588 g/mol. The Balaban J connectivity index is 2.67. The van der Waals surface area contributed by atoms with E-state index < -0.39 is 42.3 Å². The number of nitrogens with one attached hydrogen (secondary N) is 2.